The van der Waals surface area contributed by atoms with Gasteiger partial charge in [0, 0.05) is 6.04 Å². The van der Waals surface area contributed by atoms with E-state index in [2.05, 4.69) is 19.2 Å². The lowest BCUT2D eigenvalue weighted by Crippen LogP contribution is -2.39. The van der Waals surface area contributed by atoms with E-state index in [1.54, 1.807) is 0 Å². The molecule has 0 saturated heterocycles. The Labute approximate surface area is 90.0 Å². The van der Waals surface area contributed by atoms with Crippen molar-refractivity contribution >= 4 is 11.9 Å². The maximum Gasteiger partial charge on any atom is 0.315 e. The maximum absolute atomic E-state index is 11.5. The Bertz CT molecular complexity index is 273. The fraction of sp³-hybridized carbons (Fsp3) is 0.818. The second kappa shape index (κ2) is 4.21. The predicted molar refractivity (Wildman–Crippen MR) is 56.4 cm³/mol. The van der Waals surface area contributed by atoms with E-state index < -0.39 is 11.9 Å². The van der Waals surface area contributed by atoms with E-state index >= 15 is 0 Å². The zero-order valence-corrected chi connectivity index (χ0v) is 9.54. The number of carboxylic acids is 1. The first-order valence-corrected chi connectivity index (χ1v) is 5.35. The summed E-state index contributed by atoms with van der Waals surface area (Å²) >= 11 is 0. The first kappa shape index (κ1) is 12.0. The molecule has 1 aliphatic rings. The molecule has 2 N–H and O–H groups in total. The van der Waals surface area contributed by atoms with Gasteiger partial charge in [-0.2, -0.15) is 0 Å². The van der Waals surface area contributed by atoms with Crippen molar-refractivity contribution < 1.29 is 14.7 Å². The number of hydrogen-bond acceptors (Lipinski definition) is 2. The third-order valence-electron chi connectivity index (χ3n) is 3.08. The summed E-state index contributed by atoms with van der Waals surface area (Å²) in [5.74, 6) is -2.39. The highest BCUT2D eigenvalue weighted by Crippen LogP contribution is 2.36. The van der Waals surface area contributed by atoms with E-state index in [1.165, 1.54) is 6.92 Å². The maximum atomic E-state index is 11.5. The fourth-order valence-electron chi connectivity index (χ4n) is 2.00. The summed E-state index contributed by atoms with van der Waals surface area (Å²) in [6.45, 7) is 5.75. The SMILES string of the molecule is CC(C(=O)O)C(=O)NC1CCC(C)(C)C1. The minimum absolute atomic E-state index is 0.147. The Morgan fingerprint density at radius 3 is 2.47 bits per heavy atom. The van der Waals surface area contributed by atoms with Crippen LogP contribution in [0.4, 0.5) is 0 Å². The molecule has 0 radical (unpaired) electrons. The topological polar surface area (TPSA) is 66.4 Å². The molecule has 4 heteroatoms. The Morgan fingerprint density at radius 2 is 2.07 bits per heavy atom. The van der Waals surface area contributed by atoms with Crippen LogP contribution < -0.4 is 5.32 Å². The number of rotatable bonds is 3. The average Bonchev–Trinajstić information content (AvgIpc) is 2.43. The normalized spacial score (nSPS) is 25.9. The van der Waals surface area contributed by atoms with Crippen molar-refractivity contribution in [3.63, 3.8) is 0 Å². The van der Waals surface area contributed by atoms with Crippen LogP contribution in [0.1, 0.15) is 40.0 Å². The van der Waals surface area contributed by atoms with Gasteiger partial charge in [0.2, 0.25) is 5.91 Å². The minimum atomic E-state index is -1.07. The summed E-state index contributed by atoms with van der Waals surface area (Å²) in [6, 6.07) is 0.147. The van der Waals surface area contributed by atoms with Crippen LogP contribution in [0.5, 0.6) is 0 Å². The minimum Gasteiger partial charge on any atom is -0.481 e. The van der Waals surface area contributed by atoms with Crippen LogP contribution in [-0.2, 0) is 9.59 Å². The summed E-state index contributed by atoms with van der Waals surface area (Å²) in [5, 5.41) is 11.5. The van der Waals surface area contributed by atoms with Crippen molar-refractivity contribution in [1.29, 1.82) is 0 Å². The van der Waals surface area contributed by atoms with Crippen LogP contribution in [-0.4, -0.2) is 23.0 Å². The molecule has 4 nitrogen and oxygen atoms in total. The summed E-state index contributed by atoms with van der Waals surface area (Å²) in [7, 11) is 0. The molecule has 0 aromatic heterocycles. The van der Waals surface area contributed by atoms with Gasteiger partial charge in [-0.3, -0.25) is 9.59 Å². The van der Waals surface area contributed by atoms with Gasteiger partial charge in [0.25, 0.3) is 0 Å². The third kappa shape index (κ3) is 3.22. The lowest BCUT2D eigenvalue weighted by molar-refractivity contribution is -0.146. The molecular formula is C11H19NO3. The summed E-state index contributed by atoms with van der Waals surface area (Å²) in [4.78, 5) is 22.0. The first-order chi connectivity index (χ1) is 6.82. The third-order valence-corrected chi connectivity index (χ3v) is 3.08. The first-order valence-electron chi connectivity index (χ1n) is 5.35. The van der Waals surface area contributed by atoms with Crippen LogP contribution in [0.2, 0.25) is 0 Å². The van der Waals surface area contributed by atoms with Gasteiger partial charge in [0.1, 0.15) is 5.92 Å². The van der Waals surface area contributed by atoms with E-state index in [9.17, 15) is 9.59 Å². The molecule has 0 heterocycles. The molecular weight excluding hydrogens is 194 g/mol. The average molecular weight is 213 g/mol. The van der Waals surface area contributed by atoms with Gasteiger partial charge in [-0.05, 0) is 31.6 Å². The molecule has 1 aliphatic carbocycles. The van der Waals surface area contributed by atoms with E-state index in [1.807, 2.05) is 0 Å². The number of nitrogens with one attached hydrogen (secondary N) is 1. The van der Waals surface area contributed by atoms with Gasteiger partial charge in [-0.1, -0.05) is 13.8 Å². The van der Waals surface area contributed by atoms with E-state index in [4.69, 9.17) is 5.11 Å². The van der Waals surface area contributed by atoms with Gasteiger partial charge in [-0.15, -0.1) is 0 Å². The highest BCUT2D eigenvalue weighted by atomic mass is 16.4. The van der Waals surface area contributed by atoms with Crippen molar-refractivity contribution in [2.24, 2.45) is 11.3 Å². The molecule has 0 aromatic rings. The second-order valence-corrected chi connectivity index (χ2v) is 5.17. The molecule has 1 rings (SSSR count). The van der Waals surface area contributed by atoms with Crippen LogP contribution in [0.25, 0.3) is 0 Å². The summed E-state index contributed by atoms with van der Waals surface area (Å²) < 4.78 is 0. The van der Waals surface area contributed by atoms with E-state index in [0.717, 1.165) is 19.3 Å². The summed E-state index contributed by atoms with van der Waals surface area (Å²) in [6.07, 6.45) is 2.97. The molecule has 1 amide bonds. The van der Waals surface area contributed by atoms with Crippen LogP contribution in [0.15, 0.2) is 0 Å². The molecule has 0 aliphatic heterocycles. The molecule has 0 bridgehead atoms. The highest BCUT2D eigenvalue weighted by molar-refractivity contribution is 5.96. The fourth-order valence-corrected chi connectivity index (χ4v) is 2.00. The van der Waals surface area contributed by atoms with Gasteiger partial charge >= 0.3 is 5.97 Å². The number of aliphatic carboxylic acids is 1. The molecule has 2 atom stereocenters. The van der Waals surface area contributed by atoms with Gasteiger partial charge in [-0.25, -0.2) is 0 Å². The van der Waals surface area contributed by atoms with Crippen LogP contribution in [0, 0.1) is 11.3 Å². The number of carbonyl (C=O) groups is 2. The lowest BCUT2D eigenvalue weighted by Gasteiger charge is -2.18. The molecule has 1 fully saturated rings. The van der Waals surface area contributed by atoms with Gasteiger partial charge < -0.3 is 10.4 Å². The van der Waals surface area contributed by atoms with Gasteiger partial charge in [0.05, 0.1) is 0 Å². The van der Waals surface area contributed by atoms with Crippen molar-refractivity contribution in [2.75, 3.05) is 0 Å². The highest BCUT2D eigenvalue weighted by Gasteiger charge is 2.33. The molecule has 2 unspecified atom stereocenters. The Balaban J connectivity index is 2.43. The number of carboxylic acid groups (broad SMARTS) is 1. The molecule has 0 aromatic carbocycles. The zero-order chi connectivity index (χ0) is 11.6. The number of amides is 1. The predicted octanol–water partition coefficient (Wildman–Crippen LogP) is 1.40. The lowest BCUT2D eigenvalue weighted by atomic mass is 9.92. The van der Waals surface area contributed by atoms with Gasteiger partial charge in [0.15, 0.2) is 0 Å². The molecule has 0 spiro atoms. The molecule has 86 valence electrons. The van der Waals surface area contributed by atoms with Crippen molar-refractivity contribution in [2.45, 2.75) is 46.1 Å². The quantitative estimate of drug-likeness (QED) is 0.696. The summed E-state index contributed by atoms with van der Waals surface area (Å²) in [5.41, 5.74) is 0.268. The second-order valence-electron chi connectivity index (χ2n) is 5.17. The zero-order valence-electron chi connectivity index (χ0n) is 9.54. The largest absolute Gasteiger partial charge is 0.481 e. The standard InChI is InChI=1S/C11H19NO3/c1-7(10(14)15)9(13)12-8-4-5-11(2,3)6-8/h7-8H,4-6H2,1-3H3,(H,12,13)(H,14,15). The Hall–Kier alpha value is -1.06. The van der Waals surface area contributed by atoms with Crippen molar-refractivity contribution in [1.82, 2.24) is 5.32 Å². The van der Waals surface area contributed by atoms with Crippen LogP contribution in [0.3, 0.4) is 0 Å². The van der Waals surface area contributed by atoms with E-state index in [0.29, 0.717) is 0 Å². The van der Waals surface area contributed by atoms with Crippen LogP contribution >= 0.6 is 0 Å². The molecule has 15 heavy (non-hydrogen) atoms. The number of carbonyl (C=O) groups excluding carboxylic acids is 1. The Kier molecular flexibility index (Phi) is 3.37. The monoisotopic (exact) mass is 213 g/mol. The van der Waals surface area contributed by atoms with Crippen molar-refractivity contribution in [3.05, 3.63) is 0 Å². The Morgan fingerprint density at radius 1 is 1.47 bits per heavy atom. The number of hydrogen-bond donors (Lipinski definition) is 2. The van der Waals surface area contributed by atoms with Crippen molar-refractivity contribution in [3.8, 4) is 0 Å². The van der Waals surface area contributed by atoms with E-state index in [-0.39, 0.29) is 17.4 Å². The molecule has 1 saturated carbocycles. The smallest absolute Gasteiger partial charge is 0.315 e.